The Hall–Kier alpha value is -1.51. The van der Waals surface area contributed by atoms with Gasteiger partial charge in [-0.05, 0) is 56.2 Å². The summed E-state index contributed by atoms with van der Waals surface area (Å²) in [5.41, 5.74) is 8.79. The summed E-state index contributed by atoms with van der Waals surface area (Å²) in [6, 6.07) is 6.75. The molecule has 0 radical (unpaired) electrons. The first-order chi connectivity index (χ1) is 15.6. The van der Waals surface area contributed by atoms with E-state index in [1.165, 1.54) is 25.7 Å². The lowest BCUT2D eigenvalue weighted by atomic mass is 9.92. The molecule has 7 nitrogen and oxygen atoms in total. The number of nitrogens with zero attached hydrogens (tertiary/aromatic N) is 4. The van der Waals surface area contributed by atoms with Gasteiger partial charge in [-0.1, -0.05) is 42.1 Å². The molecule has 0 atom stereocenters. The van der Waals surface area contributed by atoms with Gasteiger partial charge >= 0.3 is 0 Å². The molecular formula is C23H31Cl4N7. The fourth-order valence-corrected chi connectivity index (χ4v) is 5.16. The molecule has 0 aliphatic heterocycles. The van der Waals surface area contributed by atoms with E-state index in [1.807, 2.05) is 24.5 Å². The second kappa shape index (κ2) is 12.0. The molecule has 186 valence electrons. The number of hydrogen-bond acceptors (Lipinski definition) is 6. The molecular weight excluding hydrogens is 516 g/mol. The van der Waals surface area contributed by atoms with Crippen LogP contribution in [0, 0.1) is 0 Å². The molecule has 1 aromatic carbocycles. The number of benzene rings is 1. The minimum absolute atomic E-state index is 0. The van der Waals surface area contributed by atoms with Crippen molar-refractivity contribution in [2.75, 3.05) is 10.6 Å². The molecule has 2 aromatic heterocycles. The Labute approximate surface area is 222 Å². The highest BCUT2D eigenvalue weighted by Crippen LogP contribution is 2.33. The maximum Gasteiger partial charge on any atom is 0.227 e. The lowest BCUT2D eigenvalue weighted by Gasteiger charge is -2.27. The van der Waals surface area contributed by atoms with E-state index in [0.717, 1.165) is 48.2 Å². The maximum absolute atomic E-state index is 6.19. The minimum Gasteiger partial charge on any atom is -0.364 e. The van der Waals surface area contributed by atoms with Crippen LogP contribution in [0.4, 0.5) is 11.8 Å². The molecule has 5 rings (SSSR count). The van der Waals surface area contributed by atoms with Crippen molar-refractivity contribution in [1.29, 1.82) is 0 Å². The van der Waals surface area contributed by atoms with Crippen LogP contribution in [-0.4, -0.2) is 31.6 Å². The van der Waals surface area contributed by atoms with Gasteiger partial charge in [0.05, 0.1) is 16.4 Å². The van der Waals surface area contributed by atoms with E-state index >= 15 is 0 Å². The number of anilines is 2. The van der Waals surface area contributed by atoms with E-state index in [4.69, 9.17) is 38.9 Å². The van der Waals surface area contributed by atoms with Crippen molar-refractivity contribution in [3.63, 3.8) is 0 Å². The fourth-order valence-electron chi connectivity index (χ4n) is 4.84. The molecule has 0 bridgehead atoms. The van der Waals surface area contributed by atoms with Crippen LogP contribution >= 0.6 is 48.0 Å². The van der Waals surface area contributed by atoms with Gasteiger partial charge < -0.3 is 20.9 Å². The van der Waals surface area contributed by atoms with E-state index in [0.29, 0.717) is 40.7 Å². The van der Waals surface area contributed by atoms with Crippen LogP contribution in [0.15, 0.2) is 24.5 Å². The van der Waals surface area contributed by atoms with Crippen molar-refractivity contribution in [2.24, 2.45) is 5.73 Å². The molecule has 0 saturated heterocycles. The zero-order valence-electron chi connectivity index (χ0n) is 18.8. The average molecular weight is 547 g/mol. The van der Waals surface area contributed by atoms with Crippen molar-refractivity contribution < 1.29 is 0 Å². The third kappa shape index (κ3) is 6.00. The van der Waals surface area contributed by atoms with Crippen molar-refractivity contribution in [1.82, 2.24) is 19.5 Å². The lowest BCUT2D eigenvalue weighted by Crippen LogP contribution is -2.33. The Morgan fingerprint density at radius 1 is 0.971 bits per heavy atom. The highest BCUT2D eigenvalue weighted by molar-refractivity contribution is 6.42. The molecule has 2 heterocycles. The molecule has 4 N–H and O–H groups in total. The predicted molar refractivity (Wildman–Crippen MR) is 145 cm³/mol. The summed E-state index contributed by atoms with van der Waals surface area (Å²) in [6.45, 7) is 0.566. The summed E-state index contributed by atoms with van der Waals surface area (Å²) in [5, 5.41) is 8.10. The zero-order valence-corrected chi connectivity index (χ0v) is 22.0. The zero-order chi connectivity index (χ0) is 22.1. The lowest BCUT2D eigenvalue weighted by molar-refractivity contribution is 0.410. The van der Waals surface area contributed by atoms with E-state index in [9.17, 15) is 0 Å². The summed E-state index contributed by atoms with van der Waals surface area (Å²) >= 11 is 12.3. The average Bonchev–Trinajstić information content (AvgIpc) is 3.46. The SMILES string of the molecule is Cl.Cl.NC1CCC(Nc2nc(NCc3ccc(Cl)c(Cl)c3)c3ncn(C4CCCC4)c3n2)CC1. The first kappa shape index (κ1) is 27.1. The maximum atomic E-state index is 6.19. The summed E-state index contributed by atoms with van der Waals surface area (Å²) in [5.74, 6) is 1.38. The molecule has 3 aromatic rings. The normalized spacial score (nSPS) is 20.6. The number of nitrogens with two attached hydrogens (primary N) is 1. The Bertz CT molecular complexity index is 1090. The van der Waals surface area contributed by atoms with Gasteiger partial charge in [-0.3, -0.25) is 0 Å². The Kier molecular flexibility index (Phi) is 9.52. The van der Waals surface area contributed by atoms with E-state index < -0.39 is 0 Å². The first-order valence-electron chi connectivity index (χ1n) is 11.5. The Morgan fingerprint density at radius 3 is 2.41 bits per heavy atom. The van der Waals surface area contributed by atoms with E-state index in [1.54, 1.807) is 0 Å². The topological polar surface area (TPSA) is 93.7 Å². The van der Waals surface area contributed by atoms with Crippen LogP contribution in [0.1, 0.15) is 63.0 Å². The molecule has 34 heavy (non-hydrogen) atoms. The second-order valence-electron chi connectivity index (χ2n) is 9.02. The van der Waals surface area contributed by atoms with Crippen LogP contribution in [-0.2, 0) is 6.54 Å². The Balaban J connectivity index is 0.00000162. The molecule has 0 unspecified atom stereocenters. The Morgan fingerprint density at radius 2 is 1.71 bits per heavy atom. The number of imidazole rings is 1. The van der Waals surface area contributed by atoms with Crippen molar-refractivity contribution in [3.05, 3.63) is 40.1 Å². The van der Waals surface area contributed by atoms with Crippen molar-refractivity contribution in [3.8, 4) is 0 Å². The third-order valence-electron chi connectivity index (χ3n) is 6.69. The number of hydrogen-bond donors (Lipinski definition) is 3. The summed E-state index contributed by atoms with van der Waals surface area (Å²) < 4.78 is 2.23. The van der Waals surface area contributed by atoms with Crippen LogP contribution in [0.25, 0.3) is 11.2 Å². The smallest absolute Gasteiger partial charge is 0.227 e. The molecule has 2 saturated carbocycles. The highest BCUT2D eigenvalue weighted by Gasteiger charge is 2.23. The quantitative estimate of drug-likeness (QED) is 0.332. The molecule has 11 heteroatoms. The van der Waals surface area contributed by atoms with Crippen molar-refractivity contribution in [2.45, 2.75) is 76.0 Å². The van der Waals surface area contributed by atoms with E-state index in [2.05, 4.69) is 20.2 Å². The van der Waals surface area contributed by atoms with Gasteiger partial charge in [0.25, 0.3) is 0 Å². The van der Waals surface area contributed by atoms with Crippen LogP contribution in [0.3, 0.4) is 0 Å². The third-order valence-corrected chi connectivity index (χ3v) is 7.43. The number of nitrogens with one attached hydrogen (secondary N) is 2. The monoisotopic (exact) mass is 545 g/mol. The van der Waals surface area contributed by atoms with Gasteiger partial charge in [-0.2, -0.15) is 9.97 Å². The molecule has 0 amide bonds. The van der Waals surface area contributed by atoms with Crippen molar-refractivity contribution >= 4 is 70.9 Å². The number of halogens is 4. The molecule has 2 aliphatic carbocycles. The summed E-state index contributed by atoms with van der Waals surface area (Å²) in [4.78, 5) is 14.4. The minimum atomic E-state index is 0. The highest BCUT2D eigenvalue weighted by atomic mass is 35.5. The van der Waals surface area contributed by atoms with Gasteiger partial charge in [0, 0.05) is 24.7 Å². The number of rotatable bonds is 6. The van der Waals surface area contributed by atoms with Gasteiger partial charge in [0.15, 0.2) is 17.0 Å². The van der Waals surface area contributed by atoms with Gasteiger partial charge in [-0.15, -0.1) is 24.8 Å². The van der Waals surface area contributed by atoms with Gasteiger partial charge in [0.1, 0.15) is 0 Å². The van der Waals surface area contributed by atoms with Crippen LogP contribution in [0.5, 0.6) is 0 Å². The summed E-state index contributed by atoms with van der Waals surface area (Å²) in [6.07, 6.45) is 10.9. The first-order valence-corrected chi connectivity index (χ1v) is 12.3. The largest absolute Gasteiger partial charge is 0.364 e. The molecule has 0 spiro atoms. The summed E-state index contributed by atoms with van der Waals surface area (Å²) in [7, 11) is 0. The van der Waals surface area contributed by atoms with E-state index in [-0.39, 0.29) is 24.8 Å². The van der Waals surface area contributed by atoms with Crippen LogP contribution < -0.4 is 16.4 Å². The fraction of sp³-hybridized carbons (Fsp3) is 0.522. The second-order valence-corrected chi connectivity index (χ2v) is 9.83. The van der Waals surface area contributed by atoms with Crippen LogP contribution in [0.2, 0.25) is 10.0 Å². The number of fused-ring (bicyclic) bond motifs is 1. The predicted octanol–water partition coefficient (Wildman–Crippen LogP) is 6.39. The molecule has 2 aliphatic rings. The van der Waals surface area contributed by atoms with Gasteiger partial charge in [0.2, 0.25) is 5.95 Å². The molecule has 2 fully saturated rings. The standard InChI is InChI=1S/C23H29Cl2N7.2ClH/c24-18-10-5-14(11-19(18)25)12-27-21-20-22(32(13-28-20)17-3-1-2-4-17)31-23(30-21)29-16-8-6-15(26)7-9-16;;/h5,10-11,13,15-17H,1-4,6-9,12,26H2,(H2,27,29,30,31);2*1H. The van der Waals surface area contributed by atoms with Gasteiger partial charge in [-0.25, -0.2) is 4.98 Å². The number of aromatic nitrogens is 4.